The second-order valence-corrected chi connectivity index (χ2v) is 7.21. The van der Waals surface area contributed by atoms with Crippen LogP contribution in [-0.4, -0.2) is 20.6 Å². The number of rotatable bonds is 6. The maximum absolute atomic E-state index is 12.2. The SMILES string of the molecule is Cc1cc(Oc2cc(NC(=O)Cn3cc(Br)cn3)cc([N+](=O)[O-])c2)ccc1Cl. The van der Waals surface area contributed by atoms with Crippen LogP contribution in [-0.2, 0) is 11.3 Å². The first-order valence-corrected chi connectivity index (χ1v) is 9.18. The summed E-state index contributed by atoms with van der Waals surface area (Å²) < 4.78 is 7.89. The van der Waals surface area contributed by atoms with Crippen LogP contribution >= 0.6 is 27.5 Å². The Morgan fingerprint density at radius 1 is 1.32 bits per heavy atom. The number of benzene rings is 2. The summed E-state index contributed by atoms with van der Waals surface area (Å²) in [6, 6.07) is 9.10. The molecule has 1 N–H and O–H groups in total. The molecule has 0 spiro atoms. The van der Waals surface area contributed by atoms with Crippen LogP contribution in [0.15, 0.2) is 53.3 Å². The van der Waals surface area contributed by atoms with E-state index in [4.69, 9.17) is 16.3 Å². The number of hydrogen-bond donors (Lipinski definition) is 1. The van der Waals surface area contributed by atoms with Gasteiger partial charge in [-0.1, -0.05) is 11.6 Å². The molecule has 0 fully saturated rings. The monoisotopic (exact) mass is 464 g/mol. The van der Waals surface area contributed by atoms with Crippen LogP contribution in [0.25, 0.3) is 0 Å². The molecule has 0 bridgehead atoms. The summed E-state index contributed by atoms with van der Waals surface area (Å²) in [6.45, 7) is 1.78. The van der Waals surface area contributed by atoms with Crippen molar-refractivity contribution >= 4 is 44.8 Å². The highest BCUT2D eigenvalue weighted by Gasteiger charge is 2.14. The van der Waals surface area contributed by atoms with E-state index in [-0.39, 0.29) is 29.6 Å². The Balaban J connectivity index is 1.81. The van der Waals surface area contributed by atoms with Gasteiger partial charge in [-0.25, -0.2) is 0 Å². The highest BCUT2D eigenvalue weighted by Crippen LogP contribution is 2.31. The number of nitro benzene ring substituents is 1. The lowest BCUT2D eigenvalue weighted by Gasteiger charge is -2.10. The standard InChI is InChI=1S/C18H14BrClN4O4/c1-11-4-15(2-3-17(11)20)28-16-6-13(5-14(7-16)24(26)27)22-18(25)10-23-9-12(19)8-21-23/h2-9H,10H2,1H3,(H,22,25). The fourth-order valence-electron chi connectivity index (χ4n) is 2.41. The first kappa shape index (κ1) is 19.8. The normalized spacial score (nSPS) is 10.5. The van der Waals surface area contributed by atoms with Gasteiger partial charge in [0, 0.05) is 23.4 Å². The fraction of sp³-hybridized carbons (Fsp3) is 0.111. The average Bonchev–Trinajstić information content (AvgIpc) is 3.02. The zero-order chi connectivity index (χ0) is 20.3. The lowest BCUT2D eigenvalue weighted by Crippen LogP contribution is -2.19. The number of carbonyl (C=O) groups is 1. The van der Waals surface area contributed by atoms with Crippen LogP contribution < -0.4 is 10.1 Å². The molecule has 1 aromatic heterocycles. The molecule has 10 heteroatoms. The molecule has 0 aliphatic carbocycles. The summed E-state index contributed by atoms with van der Waals surface area (Å²) in [6.07, 6.45) is 3.20. The van der Waals surface area contributed by atoms with Gasteiger partial charge >= 0.3 is 0 Å². The minimum absolute atomic E-state index is 0.0408. The van der Waals surface area contributed by atoms with Crippen molar-refractivity contribution < 1.29 is 14.5 Å². The Labute approximate surface area is 173 Å². The number of aromatic nitrogens is 2. The maximum Gasteiger partial charge on any atom is 0.275 e. The summed E-state index contributed by atoms with van der Waals surface area (Å²) in [7, 11) is 0. The van der Waals surface area contributed by atoms with Gasteiger partial charge in [0.2, 0.25) is 5.91 Å². The number of anilines is 1. The molecule has 144 valence electrons. The van der Waals surface area contributed by atoms with Gasteiger partial charge in [-0.2, -0.15) is 5.10 Å². The molecule has 3 aromatic rings. The number of halogens is 2. The second-order valence-electron chi connectivity index (χ2n) is 5.89. The minimum atomic E-state index is -0.555. The van der Waals surface area contributed by atoms with Gasteiger partial charge in [-0.15, -0.1) is 0 Å². The van der Waals surface area contributed by atoms with E-state index in [9.17, 15) is 14.9 Å². The van der Waals surface area contributed by atoms with Crippen molar-refractivity contribution in [1.82, 2.24) is 9.78 Å². The predicted octanol–water partition coefficient (Wildman–Crippen LogP) is 4.95. The number of nitrogens with one attached hydrogen (secondary N) is 1. The number of carbonyl (C=O) groups excluding carboxylic acids is 1. The first-order chi connectivity index (χ1) is 13.3. The molecule has 0 atom stereocenters. The molecule has 0 radical (unpaired) electrons. The molecule has 1 heterocycles. The quantitative estimate of drug-likeness (QED) is 0.410. The molecule has 0 saturated carbocycles. The maximum atomic E-state index is 12.2. The van der Waals surface area contributed by atoms with Crippen LogP contribution in [0.4, 0.5) is 11.4 Å². The Kier molecular flexibility index (Phi) is 5.96. The lowest BCUT2D eigenvalue weighted by molar-refractivity contribution is -0.384. The molecular weight excluding hydrogens is 452 g/mol. The third-order valence-electron chi connectivity index (χ3n) is 3.66. The van der Waals surface area contributed by atoms with Crippen molar-refractivity contribution in [3.63, 3.8) is 0 Å². The minimum Gasteiger partial charge on any atom is -0.457 e. The van der Waals surface area contributed by atoms with Crippen LogP contribution in [0.5, 0.6) is 11.5 Å². The van der Waals surface area contributed by atoms with E-state index in [1.54, 1.807) is 30.6 Å². The lowest BCUT2D eigenvalue weighted by atomic mass is 10.2. The molecule has 3 rings (SSSR count). The van der Waals surface area contributed by atoms with E-state index in [0.29, 0.717) is 10.8 Å². The van der Waals surface area contributed by atoms with Crippen LogP contribution in [0.1, 0.15) is 5.56 Å². The number of amides is 1. The van der Waals surface area contributed by atoms with Gasteiger partial charge in [-0.05, 0) is 46.6 Å². The summed E-state index contributed by atoms with van der Waals surface area (Å²) in [5.41, 5.74) is 0.843. The van der Waals surface area contributed by atoms with Gasteiger partial charge in [-0.3, -0.25) is 19.6 Å². The molecule has 0 saturated heterocycles. The molecule has 2 aromatic carbocycles. The molecule has 0 aliphatic heterocycles. The highest BCUT2D eigenvalue weighted by molar-refractivity contribution is 9.10. The zero-order valence-corrected chi connectivity index (χ0v) is 16.9. The average molecular weight is 466 g/mol. The molecule has 0 unspecified atom stereocenters. The van der Waals surface area contributed by atoms with E-state index in [1.165, 1.54) is 22.9 Å². The number of nitrogens with zero attached hydrogens (tertiary/aromatic N) is 3. The highest BCUT2D eigenvalue weighted by atomic mass is 79.9. The van der Waals surface area contributed by atoms with Crippen LogP contribution in [0.3, 0.4) is 0 Å². The third-order valence-corrected chi connectivity index (χ3v) is 4.49. The van der Waals surface area contributed by atoms with E-state index in [0.717, 1.165) is 10.0 Å². The molecule has 8 nitrogen and oxygen atoms in total. The van der Waals surface area contributed by atoms with Crippen molar-refractivity contribution in [2.75, 3.05) is 5.32 Å². The van der Waals surface area contributed by atoms with Crippen molar-refractivity contribution in [3.05, 3.63) is 74.0 Å². The van der Waals surface area contributed by atoms with Gasteiger partial charge in [0.25, 0.3) is 5.69 Å². The summed E-state index contributed by atoms with van der Waals surface area (Å²) in [5.74, 6) is 0.304. The number of ether oxygens (including phenoxy) is 1. The topological polar surface area (TPSA) is 99.3 Å². The molecular formula is C18H14BrClN4O4. The van der Waals surface area contributed by atoms with E-state index in [1.807, 2.05) is 6.92 Å². The van der Waals surface area contributed by atoms with Gasteiger partial charge in [0.05, 0.1) is 27.3 Å². The summed E-state index contributed by atoms with van der Waals surface area (Å²) >= 11 is 9.25. The number of nitro groups is 1. The summed E-state index contributed by atoms with van der Waals surface area (Å²) in [4.78, 5) is 22.9. The van der Waals surface area contributed by atoms with E-state index < -0.39 is 4.92 Å². The molecule has 28 heavy (non-hydrogen) atoms. The van der Waals surface area contributed by atoms with Crippen molar-refractivity contribution in [2.45, 2.75) is 13.5 Å². The van der Waals surface area contributed by atoms with Crippen molar-refractivity contribution in [1.29, 1.82) is 0 Å². The second kappa shape index (κ2) is 8.41. The van der Waals surface area contributed by atoms with Crippen LogP contribution in [0.2, 0.25) is 5.02 Å². The summed E-state index contributed by atoms with van der Waals surface area (Å²) in [5, 5.41) is 18.4. The van der Waals surface area contributed by atoms with E-state index in [2.05, 4.69) is 26.3 Å². The Morgan fingerprint density at radius 3 is 2.75 bits per heavy atom. The van der Waals surface area contributed by atoms with E-state index >= 15 is 0 Å². The zero-order valence-electron chi connectivity index (χ0n) is 14.6. The van der Waals surface area contributed by atoms with Gasteiger partial charge in [0.15, 0.2) is 0 Å². The molecule has 0 aliphatic rings. The van der Waals surface area contributed by atoms with Gasteiger partial charge in [0.1, 0.15) is 18.0 Å². The van der Waals surface area contributed by atoms with Crippen molar-refractivity contribution in [2.24, 2.45) is 0 Å². The van der Waals surface area contributed by atoms with Gasteiger partial charge < -0.3 is 10.1 Å². The smallest absolute Gasteiger partial charge is 0.275 e. The third kappa shape index (κ3) is 5.08. The first-order valence-electron chi connectivity index (χ1n) is 8.01. The van der Waals surface area contributed by atoms with Crippen LogP contribution in [0, 0.1) is 17.0 Å². The number of non-ortho nitro benzene ring substituents is 1. The molecule has 1 amide bonds. The number of aryl methyl sites for hydroxylation is 1. The fourth-order valence-corrected chi connectivity index (χ4v) is 2.85. The Bertz CT molecular complexity index is 1050. The Hall–Kier alpha value is -2.91. The van der Waals surface area contributed by atoms with Crippen molar-refractivity contribution in [3.8, 4) is 11.5 Å². The largest absolute Gasteiger partial charge is 0.457 e. The Morgan fingerprint density at radius 2 is 2.11 bits per heavy atom. The number of hydrogen-bond acceptors (Lipinski definition) is 5. The predicted molar refractivity (Wildman–Crippen MR) is 108 cm³/mol.